The average Bonchev–Trinajstić information content (AvgIpc) is 2.95. The smallest absolute Gasteiger partial charge is 0.336 e. The molecule has 0 aromatic heterocycles. The number of anilines is 1. The third-order valence-electron chi connectivity index (χ3n) is 7.65. The SMILES string of the molecule is CCOCCOC(=O)C1=C(C)NC2=C(C(=O)C[C@H](c3ccc(OC)cc3)C2)[C@H]1c1ccc(N(CC)CC)cc1. The minimum absolute atomic E-state index is 0.0489. The number of carbonyl (C=O) groups excluding carboxylic acids is 2. The van der Waals surface area contributed by atoms with Crippen LogP contribution in [-0.4, -0.2) is 51.8 Å². The first-order valence-electron chi connectivity index (χ1n) is 13.9. The summed E-state index contributed by atoms with van der Waals surface area (Å²) >= 11 is 0. The maximum atomic E-state index is 13.8. The number of hydrogen-bond donors (Lipinski definition) is 1. The van der Waals surface area contributed by atoms with Gasteiger partial charge in [0.2, 0.25) is 0 Å². The molecule has 1 N–H and O–H groups in total. The predicted octanol–water partition coefficient (Wildman–Crippen LogP) is 5.48. The highest BCUT2D eigenvalue weighted by molar-refractivity contribution is 6.04. The van der Waals surface area contributed by atoms with Crippen LogP contribution in [0.25, 0.3) is 0 Å². The normalized spacial score (nSPS) is 18.9. The predicted molar refractivity (Wildman–Crippen MR) is 153 cm³/mol. The molecule has 2 aromatic rings. The van der Waals surface area contributed by atoms with Gasteiger partial charge in [-0.3, -0.25) is 4.79 Å². The fourth-order valence-corrected chi connectivity index (χ4v) is 5.64. The molecule has 2 aromatic carbocycles. The van der Waals surface area contributed by atoms with Crippen molar-refractivity contribution in [1.29, 1.82) is 0 Å². The van der Waals surface area contributed by atoms with Crippen LogP contribution in [0.1, 0.15) is 63.5 Å². The molecule has 0 amide bonds. The zero-order valence-corrected chi connectivity index (χ0v) is 23.7. The van der Waals surface area contributed by atoms with E-state index in [0.717, 1.165) is 47.0 Å². The second-order valence-electron chi connectivity index (χ2n) is 9.89. The van der Waals surface area contributed by atoms with E-state index in [4.69, 9.17) is 14.2 Å². The summed E-state index contributed by atoms with van der Waals surface area (Å²) in [4.78, 5) is 29.5. The molecule has 208 valence electrons. The van der Waals surface area contributed by atoms with E-state index in [1.807, 2.05) is 50.2 Å². The molecule has 1 heterocycles. The van der Waals surface area contributed by atoms with Gasteiger partial charge < -0.3 is 24.4 Å². The fourth-order valence-electron chi connectivity index (χ4n) is 5.64. The standard InChI is InChI=1S/C32H40N2O5/c1-6-34(7-2)25-13-9-23(10-14-25)30-29(32(36)39-18-17-38-8-3)21(4)33-27-19-24(20-28(35)31(27)30)22-11-15-26(37-5)16-12-22/h9-16,24,30,33H,6-8,17-20H2,1-5H3/t24-,30+/m1/s1. The minimum Gasteiger partial charge on any atom is -0.497 e. The van der Waals surface area contributed by atoms with E-state index in [2.05, 4.69) is 36.2 Å². The van der Waals surface area contributed by atoms with E-state index >= 15 is 0 Å². The number of ether oxygens (including phenoxy) is 3. The number of methoxy groups -OCH3 is 1. The van der Waals surface area contributed by atoms with Crippen molar-refractivity contribution in [2.24, 2.45) is 0 Å². The monoisotopic (exact) mass is 532 g/mol. The van der Waals surface area contributed by atoms with Crippen LogP contribution in [0.3, 0.4) is 0 Å². The summed E-state index contributed by atoms with van der Waals surface area (Å²) in [5.41, 5.74) is 5.87. The minimum atomic E-state index is -0.490. The summed E-state index contributed by atoms with van der Waals surface area (Å²) in [6.07, 6.45) is 1.07. The van der Waals surface area contributed by atoms with Gasteiger partial charge in [-0.25, -0.2) is 4.79 Å². The fraction of sp³-hybridized carbons (Fsp3) is 0.438. The molecule has 0 fully saturated rings. The number of rotatable bonds is 11. The van der Waals surface area contributed by atoms with E-state index in [-0.39, 0.29) is 18.3 Å². The summed E-state index contributed by atoms with van der Waals surface area (Å²) in [5, 5.41) is 3.42. The zero-order valence-electron chi connectivity index (χ0n) is 23.7. The van der Waals surface area contributed by atoms with Crippen LogP contribution in [0.2, 0.25) is 0 Å². The number of allylic oxidation sites excluding steroid dienone is 3. The molecule has 7 nitrogen and oxygen atoms in total. The van der Waals surface area contributed by atoms with E-state index in [0.29, 0.717) is 37.2 Å². The molecule has 7 heteroatoms. The summed E-state index contributed by atoms with van der Waals surface area (Å²) < 4.78 is 16.3. The van der Waals surface area contributed by atoms with E-state index in [9.17, 15) is 9.59 Å². The Bertz CT molecular complexity index is 1230. The van der Waals surface area contributed by atoms with Gasteiger partial charge in [0.05, 0.1) is 19.3 Å². The lowest BCUT2D eigenvalue weighted by Crippen LogP contribution is -2.36. The van der Waals surface area contributed by atoms with Crippen molar-refractivity contribution >= 4 is 17.4 Å². The van der Waals surface area contributed by atoms with Gasteiger partial charge in [0.1, 0.15) is 12.4 Å². The molecule has 0 spiro atoms. The van der Waals surface area contributed by atoms with Gasteiger partial charge in [0.15, 0.2) is 5.78 Å². The van der Waals surface area contributed by atoms with Crippen molar-refractivity contribution in [1.82, 2.24) is 5.32 Å². The van der Waals surface area contributed by atoms with Crippen molar-refractivity contribution in [2.45, 2.75) is 52.4 Å². The van der Waals surface area contributed by atoms with Crippen LogP contribution in [-0.2, 0) is 19.1 Å². The molecule has 2 atom stereocenters. The number of ketones is 1. The average molecular weight is 533 g/mol. The summed E-state index contributed by atoms with van der Waals surface area (Å²) in [6.45, 7) is 10.9. The summed E-state index contributed by atoms with van der Waals surface area (Å²) in [5.74, 6) is -0.0246. The Labute approximate surface area is 231 Å². The van der Waals surface area contributed by atoms with Crippen molar-refractivity contribution < 1.29 is 23.8 Å². The van der Waals surface area contributed by atoms with Crippen LogP contribution in [0, 0.1) is 0 Å². The van der Waals surface area contributed by atoms with Crippen molar-refractivity contribution in [3.8, 4) is 5.75 Å². The number of Topliss-reactive ketones (excluding diaryl/α,β-unsaturated/α-hetero) is 1. The molecule has 4 rings (SSSR count). The van der Waals surface area contributed by atoms with Crippen LogP contribution >= 0.6 is 0 Å². The molecule has 1 aliphatic carbocycles. The highest BCUT2D eigenvalue weighted by atomic mass is 16.6. The molecule has 0 bridgehead atoms. The van der Waals surface area contributed by atoms with Gasteiger partial charge in [0, 0.05) is 54.7 Å². The first kappa shape index (κ1) is 28.4. The Morgan fingerprint density at radius 1 is 0.949 bits per heavy atom. The number of nitrogens with one attached hydrogen (secondary N) is 1. The first-order valence-corrected chi connectivity index (χ1v) is 13.9. The van der Waals surface area contributed by atoms with Crippen molar-refractivity contribution in [2.75, 3.05) is 44.9 Å². The van der Waals surface area contributed by atoms with Gasteiger partial charge in [-0.05, 0) is 75.4 Å². The van der Waals surface area contributed by atoms with Crippen molar-refractivity contribution in [3.63, 3.8) is 0 Å². The summed E-state index contributed by atoms with van der Waals surface area (Å²) in [7, 11) is 1.64. The first-order chi connectivity index (χ1) is 18.9. The lowest BCUT2D eigenvalue weighted by molar-refractivity contribution is -0.140. The molecule has 0 saturated heterocycles. The number of carbonyl (C=O) groups is 2. The zero-order chi connectivity index (χ0) is 27.9. The van der Waals surface area contributed by atoms with Crippen LogP contribution in [0.5, 0.6) is 5.75 Å². The number of nitrogens with zero attached hydrogens (tertiary/aromatic N) is 1. The lowest BCUT2D eigenvalue weighted by Gasteiger charge is -2.37. The van der Waals surface area contributed by atoms with Crippen LogP contribution in [0.15, 0.2) is 71.1 Å². The number of benzene rings is 2. The molecule has 0 saturated carbocycles. The number of dihydropyridines is 1. The van der Waals surface area contributed by atoms with Gasteiger partial charge in [0.25, 0.3) is 0 Å². The largest absolute Gasteiger partial charge is 0.497 e. The van der Waals surface area contributed by atoms with Gasteiger partial charge in [-0.15, -0.1) is 0 Å². The Kier molecular flexibility index (Phi) is 9.46. The quantitative estimate of drug-likeness (QED) is 0.303. The second kappa shape index (κ2) is 13.0. The maximum absolute atomic E-state index is 13.8. The Hall–Kier alpha value is -3.58. The molecule has 0 unspecified atom stereocenters. The Morgan fingerprint density at radius 3 is 2.23 bits per heavy atom. The highest BCUT2D eigenvalue weighted by Gasteiger charge is 2.41. The van der Waals surface area contributed by atoms with E-state index in [1.54, 1.807) is 7.11 Å². The maximum Gasteiger partial charge on any atom is 0.336 e. The summed E-state index contributed by atoms with van der Waals surface area (Å²) in [6, 6.07) is 16.1. The number of hydrogen-bond acceptors (Lipinski definition) is 7. The molecule has 0 radical (unpaired) electrons. The molecular weight excluding hydrogens is 492 g/mol. The molecule has 1 aliphatic heterocycles. The van der Waals surface area contributed by atoms with Gasteiger partial charge >= 0.3 is 5.97 Å². The topological polar surface area (TPSA) is 77.1 Å². The second-order valence-corrected chi connectivity index (χ2v) is 9.89. The third kappa shape index (κ3) is 6.19. The molecular formula is C32H40N2O5. The molecule has 2 aliphatic rings. The highest BCUT2D eigenvalue weighted by Crippen LogP contribution is 2.46. The van der Waals surface area contributed by atoms with Crippen LogP contribution in [0.4, 0.5) is 5.69 Å². The molecule has 39 heavy (non-hydrogen) atoms. The lowest BCUT2D eigenvalue weighted by atomic mass is 9.71. The van der Waals surface area contributed by atoms with Crippen molar-refractivity contribution in [3.05, 3.63) is 82.2 Å². The van der Waals surface area contributed by atoms with Gasteiger partial charge in [-0.1, -0.05) is 24.3 Å². The van der Waals surface area contributed by atoms with E-state index < -0.39 is 11.9 Å². The Morgan fingerprint density at radius 2 is 1.62 bits per heavy atom. The number of esters is 1. The van der Waals surface area contributed by atoms with Gasteiger partial charge in [-0.2, -0.15) is 0 Å². The van der Waals surface area contributed by atoms with E-state index in [1.165, 1.54) is 0 Å². The third-order valence-corrected chi connectivity index (χ3v) is 7.65. The Balaban J connectivity index is 1.70. The van der Waals surface area contributed by atoms with Crippen LogP contribution < -0.4 is 15.0 Å².